The van der Waals surface area contributed by atoms with Crippen molar-refractivity contribution < 1.29 is 17.6 Å². The summed E-state index contributed by atoms with van der Waals surface area (Å²) < 4.78 is 31.0. The lowest BCUT2D eigenvalue weighted by atomic mass is 10.2. The molecular formula is C19H19N3O4S. The van der Waals surface area contributed by atoms with Crippen LogP contribution in [0.15, 0.2) is 58.4 Å². The molecule has 8 heteroatoms. The monoisotopic (exact) mass is 385 g/mol. The van der Waals surface area contributed by atoms with Crippen LogP contribution < -0.4 is 5.32 Å². The molecule has 3 aromatic rings. The van der Waals surface area contributed by atoms with Crippen molar-refractivity contribution in [3.8, 4) is 0 Å². The Morgan fingerprint density at radius 1 is 1.22 bits per heavy atom. The van der Waals surface area contributed by atoms with Crippen molar-refractivity contribution in [3.63, 3.8) is 0 Å². The number of benzene rings is 2. The van der Waals surface area contributed by atoms with Gasteiger partial charge in [0.05, 0.1) is 6.54 Å². The van der Waals surface area contributed by atoms with Crippen LogP contribution in [0.1, 0.15) is 11.5 Å². The number of rotatable bonds is 6. The molecule has 0 saturated heterocycles. The van der Waals surface area contributed by atoms with Crippen LogP contribution in [0, 0.1) is 6.92 Å². The molecule has 7 nitrogen and oxygen atoms in total. The summed E-state index contributed by atoms with van der Waals surface area (Å²) in [5.41, 5.74) is 2.52. The van der Waals surface area contributed by atoms with Gasteiger partial charge >= 0.3 is 0 Å². The van der Waals surface area contributed by atoms with Crippen LogP contribution >= 0.6 is 0 Å². The van der Waals surface area contributed by atoms with E-state index < -0.39 is 15.9 Å². The van der Waals surface area contributed by atoms with Crippen LogP contribution in [0.5, 0.6) is 0 Å². The van der Waals surface area contributed by atoms with Crippen LogP contribution in [-0.2, 0) is 14.8 Å². The van der Waals surface area contributed by atoms with Gasteiger partial charge in [0.2, 0.25) is 15.9 Å². The molecule has 1 amide bonds. The Bertz CT molecular complexity index is 1090. The van der Waals surface area contributed by atoms with Crippen molar-refractivity contribution in [2.75, 3.05) is 18.9 Å². The van der Waals surface area contributed by atoms with E-state index >= 15 is 0 Å². The number of nitrogens with one attached hydrogen (secondary N) is 1. The molecule has 2 aromatic carbocycles. The van der Waals surface area contributed by atoms with Gasteiger partial charge in [0, 0.05) is 25.1 Å². The van der Waals surface area contributed by atoms with E-state index in [0.717, 1.165) is 15.3 Å². The Labute approximate surface area is 157 Å². The quantitative estimate of drug-likeness (QED) is 0.704. The Hall–Kier alpha value is -2.97. The molecule has 140 valence electrons. The minimum absolute atomic E-state index is 0.308. The van der Waals surface area contributed by atoms with Crippen LogP contribution in [0.25, 0.3) is 17.2 Å². The molecule has 0 fully saturated rings. The maximum atomic E-state index is 12.3. The first-order valence-electron chi connectivity index (χ1n) is 8.20. The first-order chi connectivity index (χ1) is 12.8. The van der Waals surface area contributed by atoms with Gasteiger partial charge in [-0.15, -0.1) is 0 Å². The summed E-state index contributed by atoms with van der Waals surface area (Å²) in [5, 5.41) is 3.75. The number of nitrogens with zero attached hydrogens (tertiary/aromatic N) is 2. The fourth-order valence-electron chi connectivity index (χ4n) is 2.45. The Morgan fingerprint density at radius 3 is 2.70 bits per heavy atom. The summed E-state index contributed by atoms with van der Waals surface area (Å²) in [6.45, 7) is 1.43. The topological polar surface area (TPSA) is 92.5 Å². The number of oxazole rings is 1. The highest BCUT2D eigenvalue weighted by Gasteiger charge is 2.18. The number of sulfonamides is 1. The predicted octanol–water partition coefficient (Wildman–Crippen LogP) is 3.01. The number of carbonyl (C=O) groups is 1. The van der Waals surface area contributed by atoms with E-state index in [1.54, 1.807) is 37.3 Å². The second-order valence-electron chi connectivity index (χ2n) is 5.98. The van der Waals surface area contributed by atoms with Crippen molar-refractivity contribution >= 4 is 38.8 Å². The van der Waals surface area contributed by atoms with Gasteiger partial charge in [-0.2, -0.15) is 4.31 Å². The van der Waals surface area contributed by atoms with Crippen molar-refractivity contribution in [2.24, 2.45) is 0 Å². The molecule has 0 saturated carbocycles. The number of aromatic nitrogens is 1. The molecule has 1 N–H and O–H groups in total. The number of hydrogen-bond acceptors (Lipinski definition) is 5. The average Bonchev–Trinajstić information content (AvgIpc) is 3.00. The van der Waals surface area contributed by atoms with Crippen molar-refractivity contribution in [1.82, 2.24) is 9.29 Å². The molecule has 0 atom stereocenters. The number of amides is 1. The molecule has 27 heavy (non-hydrogen) atoms. The van der Waals surface area contributed by atoms with Gasteiger partial charge in [0.1, 0.15) is 5.52 Å². The zero-order chi connectivity index (χ0) is 19.4. The summed E-state index contributed by atoms with van der Waals surface area (Å²) >= 11 is 0. The summed E-state index contributed by atoms with van der Waals surface area (Å²) in [6, 6.07) is 14.1. The molecule has 1 aromatic heterocycles. The Kier molecular flexibility index (Phi) is 5.38. The summed E-state index contributed by atoms with van der Waals surface area (Å²) in [6.07, 6.45) is 1.49. The molecule has 0 aliphatic rings. The lowest BCUT2D eigenvalue weighted by molar-refractivity contribution is -0.116. The van der Waals surface area contributed by atoms with Gasteiger partial charge in [0.25, 0.3) is 0 Å². The maximum Gasteiger partial charge on any atom is 0.239 e. The lowest BCUT2D eigenvalue weighted by Gasteiger charge is -2.14. The maximum absolute atomic E-state index is 12.3. The molecule has 0 spiro atoms. The van der Waals surface area contributed by atoms with Crippen LogP contribution in [0.3, 0.4) is 0 Å². The van der Waals surface area contributed by atoms with Crippen molar-refractivity contribution in [2.45, 2.75) is 6.92 Å². The van der Waals surface area contributed by atoms with E-state index in [1.807, 2.05) is 18.2 Å². The van der Waals surface area contributed by atoms with Crippen LogP contribution in [0.4, 0.5) is 5.69 Å². The summed E-state index contributed by atoms with van der Waals surface area (Å²) in [4.78, 5) is 16.4. The van der Waals surface area contributed by atoms with Crippen LogP contribution in [-0.4, -0.2) is 37.2 Å². The Balaban J connectivity index is 1.64. The highest BCUT2D eigenvalue weighted by Crippen LogP contribution is 2.19. The van der Waals surface area contributed by atoms with Gasteiger partial charge in [0.15, 0.2) is 11.5 Å². The molecule has 0 bridgehead atoms. The number of anilines is 1. The SMILES string of the molecule is Cc1nc2cc(NC(=O)CN(C)S(=O)(=O)/C=C/c3ccccc3)ccc2o1. The number of aryl methyl sites for hydroxylation is 1. The molecule has 0 aliphatic heterocycles. The number of carbonyl (C=O) groups excluding carboxylic acids is 1. The smallest absolute Gasteiger partial charge is 0.239 e. The second-order valence-corrected chi connectivity index (χ2v) is 7.90. The fraction of sp³-hybridized carbons (Fsp3) is 0.158. The predicted molar refractivity (Wildman–Crippen MR) is 104 cm³/mol. The minimum atomic E-state index is -3.71. The fourth-order valence-corrected chi connectivity index (χ4v) is 3.28. The van der Waals surface area contributed by atoms with Crippen molar-refractivity contribution in [1.29, 1.82) is 0 Å². The van der Waals surface area contributed by atoms with Gasteiger partial charge in [-0.1, -0.05) is 30.3 Å². The van der Waals surface area contributed by atoms with E-state index in [-0.39, 0.29) is 6.54 Å². The third-order valence-corrected chi connectivity index (χ3v) is 5.29. The first-order valence-corrected chi connectivity index (χ1v) is 9.70. The summed E-state index contributed by atoms with van der Waals surface area (Å²) in [7, 11) is -2.36. The number of hydrogen-bond donors (Lipinski definition) is 1. The largest absolute Gasteiger partial charge is 0.441 e. The normalized spacial score (nSPS) is 12.1. The first kappa shape index (κ1) is 18.8. The van der Waals surface area contributed by atoms with Crippen LogP contribution in [0.2, 0.25) is 0 Å². The zero-order valence-corrected chi connectivity index (χ0v) is 15.7. The molecule has 3 rings (SSSR count). The highest BCUT2D eigenvalue weighted by molar-refractivity contribution is 7.92. The second kappa shape index (κ2) is 7.73. The number of fused-ring (bicyclic) bond motifs is 1. The standard InChI is InChI=1S/C19H19N3O4S/c1-14-20-17-12-16(8-9-18(17)26-14)21-19(23)13-22(2)27(24,25)11-10-15-6-4-3-5-7-15/h3-12H,13H2,1-2H3,(H,21,23)/b11-10+. The average molecular weight is 385 g/mol. The zero-order valence-electron chi connectivity index (χ0n) is 14.9. The molecule has 0 radical (unpaired) electrons. The lowest BCUT2D eigenvalue weighted by Crippen LogP contribution is -2.33. The van der Waals surface area contributed by atoms with E-state index in [1.165, 1.54) is 13.1 Å². The molecule has 0 aliphatic carbocycles. The third-order valence-electron chi connectivity index (χ3n) is 3.81. The number of likely N-dealkylation sites (N-methyl/N-ethyl adjacent to an activating group) is 1. The van der Waals surface area contributed by atoms with Gasteiger partial charge in [-0.25, -0.2) is 13.4 Å². The summed E-state index contributed by atoms with van der Waals surface area (Å²) in [5.74, 6) is 0.0817. The van der Waals surface area contributed by atoms with E-state index in [2.05, 4.69) is 10.3 Å². The third kappa shape index (κ3) is 4.81. The van der Waals surface area contributed by atoms with Gasteiger partial charge < -0.3 is 9.73 Å². The Morgan fingerprint density at radius 2 is 1.96 bits per heavy atom. The molecule has 1 heterocycles. The highest BCUT2D eigenvalue weighted by atomic mass is 32.2. The van der Waals surface area contributed by atoms with E-state index in [0.29, 0.717) is 22.7 Å². The van der Waals surface area contributed by atoms with Gasteiger partial charge in [-0.05, 0) is 29.8 Å². The van der Waals surface area contributed by atoms with E-state index in [9.17, 15) is 13.2 Å². The molecule has 0 unspecified atom stereocenters. The molecular weight excluding hydrogens is 366 g/mol. The minimum Gasteiger partial charge on any atom is -0.441 e. The van der Waals surface area contributed by atoms with E-state index in [4.69, 9.17) is 4.42 Å². The van der Waals surface area contributed by atoms with Crippen molar-refractivity contribution in [3.05, 3.63) is 65.4 Å². The van der Waals surface area contributed by atoms with Gasteiger partial charge in [-0.3, -0.25) is 4.79 Å².